The van der Waals surface area contributed by atoms with Gasteiger partial charge in [0.2, 0.25) is 0 Å². The Hall–Kier alpha value is -0.240. The Bertz CT molecular complexity index is 88.3. The number of nitrogens with zero attached hydrogens (tertiary/aromatic N) is 1. The van der Waals surface area contributed by atoms with Crippen LogP contribution in [0.1, 0.15) is 6.92 Å². The van der Waals surface area contributed by atoms with Crippen molar-refractivity contribution < 1.29 is 5.11 Å². The molecule has 9 heavy (non-hydrogen) atoms. The van der Waals surface area contributed by atoms with Crippen molar-refractivity contribution in [2.75, 3.05) is 0 Å². The van der Waals surface area contributed by atoms with Crippen molar-refractivity contribution in [2.24, 2.45) is 17.3 Å². The maximum absolute atomic E-state index is 10.1. The van der Waals surface area contributed by atoms with Crippen LogP contribution in [0.25, 0.3) is 0 Å². The van der Waals surface area contributed by atoms with E-state index in [2.05, 4.69) is 5.84 Å². The van der Waals surface area contributed by atoms with Crippen molar-refractivity contribution in [3.8, 4) is 0 Å². The molecule has 56 valence electrons. The Morgan fingerprint density at radius 2 is 2.00 bits per heavy atom. The molecule has 7 N–H and O–H groups in total. The SMILES string of the molecule is CC(N)(N)C(O)N(N)[O-]. The maximum atomic E-state index is 10.1. The van der Waals surface area contributed by atoms with Crippen LogP contribution in [0.15, 0.2) is 0 Å². The van der Waals surface area contributed by atoms with E-state index in [1.54, 1.807) is 0 Å². The highest BCUT2D eigenvalue weighted by Crippen LogP contribution is 1.98. The van der Waals surface area contributed by atoms with Gasteiger partial charge in [0.1, 0.15) is 11.9 Å². The minimum absolute atomic E-state index is 0.194. The first kappa shape index (κ1) is 8.76. The maximum Gasteiger partial charge on any atom is 0.139 e. The topological polar surface area (TPSA) is 125 Å². The number of aliphatic hydroxyl groups excluding tert-OH is 1. The van der Waals surface area contributed by atoms with Gasteiger partial charge in [0.05, 0.1) is 0 Å². The zero-order valence-electron chi connectivity index (χ0n) is 5.11. The number of rotatable bonds is 2. The lowest BCUT2D eigenvalue weighted by Gasteiger charge is -2.36. The van der Waals surface area contributed by atoms with E-state index in [4.69, 9.17) is 16.6 Å². The molecular weight excluding hydrogens is 124 g/mol. The van der Waals surface area contributed by atoms with Crippen LogP contribution in [0, 0.1) is 5.21 Å². The first-order valence-electron chi connectivity index (χ1n) is 2.32. The van der Waals surface area contributed by atoms with Crippen LogP contribution >= 0.6 is 0 Å². The fourth-order valence-corrected chi connectivity index (χ4v) is 0.274. The van der Waals surface area contributed by atoms with Gasteiger partial charge in [0, 0.05) is 0 Å². The molecule has 0 amide bonds. The number of nitrogens with two attached hydrogens (primary N) is 3. The van der Waals surface area contributed by atoms with Crippen LogP contribution in [0.2, 0.25) is 0 Å². The molecule has 0 fully saturated rings. The van der Waals surface area contributed by atoms with Crippen LogP contribution in [0.3, 0.4) is 0 Å². The molecule has 0 aliphatic rings. The second kappa shape index (κ2) is 2.56. The van der Waals surface area contributed by atoms with E-state index in [0.29, 0.717) is 0 Å². The number of hydroxylamine groups is 1. The highest BCUT2D eigenvalue weighted by atomic mass is 16.6. The van der Waals surface area contributed by atoms with E-state index < -0.39 is 11.9 Å². The van der Waals surface area contributed by atoms with Gasteiger partial charge in [0.25, 0.3) is 0 Å². The Labute approximate surface area is 52.8 Å². The van der Waals surface area contributed by atoms with E-state index in [1.165, 1.54) is 6.92 Å². The molecule has 6 heteroatoms. The van der Waals surface area contributed by atoms with Crippen molar-refractivity contribution >= 4 is 0 Å². The Morgan fingerprint density at radius 3 is 2.00 bits per heavy atom. The molecule has 0 rings (SSSR count). The van der Waals surface area contributed by atoms with E-state index >= 15 is 0 Å². The van der Waals surface area contributed by atoms with Crippen LogP contribution < -0.4 is 17.3 Å². The largest absolute Gasteiger partial charge is 0.770 e. The molecule has 0 saturated heterocycles. The van der Waals surface area contributed by atoms with Crippen molar-refractivity contribution in [3.63, 3.8) is 0 Å². The van der Waals surface area contributed by atoms with Gasteiger partial charge in [-0.05, 0) is 6.92 Å². The monoisotopic (exact) mass is 135 g/mol. The van der Waals surface area contributed by atoms with E-state index in [1.807, 2.05) is 0 Å². The molecule has 6 nitrogen and oxygen atoms in total. The molecule has 0 aromatic carbocycles. The molecule has 0 radical (unpaired) electrons. The molecule has 0 aromatic rings. The summed E-state index contributed by atoms with van der Waals surface area (Å²) in [6, 6.07) is 0. The summed E-state index contributed by atoms with van der Waals surface area (Å²) in [5.41, 5.74) is 8.70. The van der Waals surface area contributed by atoms with Crippen molar-refractivity contribution in [1.82, 2.24) is 5.17 Å². The van der Waals surface area contributed by atoms with Crippen molar-refractivity contribution in [3.05, 3.63) is 5.21 Å². The van der Waals surface area contributed by atoms with Gasteiger partial charge in [0.15, 0.2) is 0 Å². The minimum atomic E-state index is -1.57. The van der Waals surface area contributed by atoms with Gasteiger partial charge in [-0.25, -0.2) is 0 Å². The van der Waals surface area contributed by atoms with Crippen molar-refractivity contribution in [2.45, 2.75) is 18.8 Å². The average Bonchev–Trinajstić information content (AvgIpc) is 1.62. The highest BCUT2D eigenvalue weighted by molar-refractivity contribution is 4.78. The molecule has 0 aliphatic carbocycles. The molecule has 0 aliphatic heterocycles. The van der Waals surface area contributed by atoms with Crippen LogP contribution in [0.4, 0.5) is 0 Å². The van der Waals surface area contributed by atoms with E-state index in [-0.39, 0.29) is 5.17 Å². The van der Waals surface area contributed by atoms with Gasteiger partial charge in [-0.1, -0.05) is 0 Å². The van der Waals surface area contributed by atoms with Crippen molar-refractivity contribution in [1.29, 1.82) is 0 Å². The van der Waals surface area contributed by atoms with Gasteiger partial charge >= 0.3 is 0 Å². The zero-order chi connectivity index (χ0) is 7.65. The summed E-state index contributed by atoms with van der Waals surface area (Å²) in [5, 5.41) is 18.6. The van der Waals surface area contributed by atoms with E-state index in [9.17, 15) is 5.21 Å². The summed E-state index contributed by atoms with van der Waals surface area (Å²) in [7, 11) is 0. The summed E-state index contributed by atoms with van der Waals surface area (Å²) in [6.45, 7) is 1.29. The molecule has 0 bridgehead atoms. The molecule has 0 aromatic heterocycles. The predicted octanol–water partition coefficient (Wildman–Crippen LogP) is -2.39. The second-order valence-electron chi connectivity index (χ2n) is 2.10. The lowest BCUT2D eigenvalue weighted by Crippen LogP contribution is -2.62. The summed E-state index contributed by atoms with van der Waals surface area (Å²) in [5.74, 6) is 4.59. The Kier molecular flexibility index (Phi) is 2.50. The van der Waals surface area contributed by atoms with Crippen LogP contribution in [0.5, 0.6) is 0 Å². The lowest BCUT2D eigenvalue weighted by atomic mass is 10.2. The van der Waals surface area contributed by atoms with Gasteiger partial charge in [-0.15, -0.1) is 0 Å². The summed E-state index contributed by atoms with van der Waals surface area (Å²) >= 11 is 0. The smallest absolute Gasteiger partial charge is 0.139 e. The highest BCUT2D eigenvalue weighted by Gasteiger charge is 2.22. The predicted molar refractivity (Wildman–Crippen MR) is 32.2 cm³/mol. The van der Waals surface area contributed by atoms with E-state index in [0.717, 1.165) is 0 Å². The average molecular weight is 135 g/mol. The molecular formula is C3H11N4O2-. The normalized spacial score (nSPS) is 16.3. The lowest BCUT2D eigenvalue weighted by molar-refractivity contribution is -0.0189. The third-order valence-electron chi connectivity index (χ3n) is 0.797. The summed E-state index contributed by atoms with van der Waals surface area (Å²) in [6.07, 6.45) is -1.57. The van der Waals surface area contributed by atoms with Gasteiger partial charge in [-0.3, -0.25) is 11.0 Å². The summed E-state index contributed by atoms with van der Waals surface area (Å²) < 4.78 is 0. The zero-order valence-corrected chi connectivity index (χ0v) is 5.11. The fourth-order valence-electron chi connectivity index (χ4n) is 0.274. The molecule has 0 saturated carbocycles. The number of aliphatic hydroxyl groups is 1. The molecule has 0 heterocycles. The van der Waals surface area contributed by atoms with Crippen LogP contribution in [-0.2, 0) is 0 Å². The quantitative estimate of drug-likeness (QED) is 0.190. The van der Waals surface area contributed by atoms with Gasteiger partial charge in [-0.2, -0.15) is 0 Å². The standard InChI is InChI=1S/C3H11N4O2/c1-3(4,5)2(8)7(6)9/h2,8H,4-6H2,1H3/q-1. The first-order valence-corrected chi connectivity index (χ1v) is 2.32. The number of hydrazine groups is 1. The first-order chi connectivity index (χ1) is 3.85. The fraction of sp³-hybridized carbons (Fsp3) is 1.00. The Morgan fingerprint density at radius 1 is 1.67 bits per heavy atom. The number of hydrogen-bond acceptors (Lipinski definition) is 6. The second-order valence-corrected chi connectivity index (χ2v) is 2.10. The van der Waals surface area contributed by atoms with Crippen LogP contribution in [-0.4, -0.2) is 22.2 Å². The van der Waals surface area contributed by atoms with Gasteiger partial charge < -0.3 is 21.8 Å². The summed E-state index contributed by atoms with van der Waals surface area (Å²) in [4.78, 5) is 0. The third-order valence-corrected chi connectivity index (χ3v) is 0.797. The Balaban J connectivity index is 3.88. The molecule has 1 atom stereocenters. The number of hydrogen-bond donors (Lipinski definition) is 4. The third kappa shape index (κ3) is 2.70. The minimum Gasteiger partial charge on any atom is -0.770 e. The molecule has 0 spiro atoms. The molecule has 1 unspecified atom stereocenters.